The predicted octanol–water partition coefficient (Wildman–Crippen LogP) is 3.34. The number of nitrogens with one attached hydrogen (secondary N) is 3. The lowest BCUT2D eigenvalue weighted by atomic mass is 9.76. The van der Waals surface area contributed by atoms with Gasteiger partial charge in [0.1, 0.15) is 5.56 Å². The number of aromatic amines is 2. The number of amides is 1. The van der Waals surface area contributed by atoms with E-state index >= 15 is 0 Å². The average Bonchev–Trinajstić information content (AvgIpc) is 3.15. The molecule has 8 nitrogen and oxygen atoms in total. The fourth-order valence-electron chi connectivity index (χ4n) is 5.06. The van der Waals surface area contributed by atoms with Gasteiger partial charge in [0.2, 0.25) is 0 Å². The number of aromatic nitrogens is 2. The maximum absolute atomic E-state index is 13.2. The van der Waals surface area contributed by atoms with Crippen LogP contribution in [-0.2, 0) is 9.84 Å². The Morgan fingerprint density at radius 1 is 0.944 bits per heavy atom. The molecule has 6 rings (SSSR count). The van der Waals surface area contributed by atoms with E-state index in [-0.39, 0.29) is 22.8 Å². The zero-order chi connectivity index (χ0) is 25.0. The molecule has 1 amide bonds. The van der Waals surface area contributed by atoms with Crippen molar-refractivity contribution in [3.05, 3.63) is 91.8 Å². The minimum Gasteiger partial charge on any atom is -0.345 e. The summed E-state index contributed by atoms with van der Waals surface area (Å²) in [6.45, 7) is 0. The summed E-state index contributed by atoms with van der Waals surface area (Å²) in [4.78, 5) is 44.9. The van der Waals surface area contributed by atoms with Crippen molar-refractivity contribution in [2.45, 2.75) is 31.2 Å². The van der Waals surface area contributed by atoms with Crippen LogP contribution in [0.25, 0.3) is 32.9 Å². The van der Waals surface area contributed by atoms with Gasteiger partial charge in [-0.1, -0.05) is 36.8 Å². The number of hydrogen-bond acceptors (Lipinski definition) is 5. The van der Waals surface area contributed by atoms with Crippen molar-refractivity contribution in [2.75, 3.05) is 5.75 Å². The Bertz CT molecular complexity index is 1810. The molecule has 3 heterocycles. The molecule has 0 bridgehead atoms. The molecule has 0 saturated heterocycles. The lowest BCUT2D eigenvalue weighted by Gasteiger charge is -2.28. The van der Waals surface area contributed by atoms with Gasteiger partial charge in [0.25, 0.3) is 17.0 Å². The van der Waals surface area contributed by atoms with E-state index in [1.807, 2.05) is 42.5 Å². The highest BCUT2D eigenvalue weighted by Crippen LogP contribution is 2.43. The normalized spacial score (nSPS) is 18.9. The summed E-state index contributed by atoms with van der Waals surface area (Å²) < 4.78 is 23.3. The molecule has 1 aliphatic carbocycles. The zero-order valence-corrected chi connectivity index (χ0v) is 20.0. The van der Waals surface area contributed by atoms with Crippen LogP contribution in [0.5, 0.6) is 0 Å². The van der Waals surface area contributed by atoms with Crippen molar-refractivity contribution in [1.29, 1.82) is 0 Å². The number of para-hydroxylation sites is 1. The van der Waals surface area contributed by atoms with E-state index in [1.165, 1.54) is 12.1 Å². The molecule has 1 atom stereocenters. The standard InChI is InChI=1S/C27H23N3O5S/c31-25-20(12-16-4-1-2-7-22(16)29-25)23-19(15-5-3-6-15)9-8-17-13-21(27(33)30-24(17)23)26(32)28-18-10-11-36(34,35)14-18/h1-2,4,7-13,15,18H,3,5-6,14H2,(H,28,32)(H,29,31)(H,30,33)/t18-/m1/s1. The van der Waals surface area contributed by atoms with Gasteiger partial charge in [-0.25, -0.2) is 8.42 Å². The molecular weight excluding hydrogens is 478 g/mol. The smallest absolute Gasteiger partial charge is 0.261 e. The molecule has 1 saturated carbocycles. The van der Waals surface area contributed by atoms with Gasteiger partial charge in [-0.3, -0.25) is 14.4 Å². The van der Waals surface area contributed by atoms with Crippen molar-refractivity contribution < 1.29 is 13.2 Å². The van der Waals surface area contributed by atoms with Crippen LogP contribution in [0.2, 0.25) is 0 Å². The van der Waals surface area contributed by atoms with E-state index < -0.39 is 27.3 Å². The SMILES string of the molecule is O=C(N[C@@H]1C=CS(=O)(=O)C1)c1cc2ccc(C3CCC3)c(-c3cc4ccccc4[nH]c3=O)c2[nH]c1=O. The molecule has 0 radical (unpaired) electrons. The Balaban J connectivity index is 1.50. The quantitative estimate of drug-likeness (QED) is 0.395. The average molecular weight is 502 g/mol. The number of H-pyrrole nitrogens is 2. The molecule has 2 aromatic heterocycles. The monoisotopic (exact) mass is 501 g/mol. The molecule has 2 aliphatic rings. The highest BCUT2D eigenvalue weighted by atomic mass is 32.2. The van der Waals surface area contributed by atoms with Crippen LogP contribution in [-0.4, -0.2) is 36.1 Å². The van der Waals surface area contributed by atoms with Gasteiger partial charge in [-0.2, -0.15) is 0 Å². The summed E-state index contributed by atoms with van der Waals surface area (Å²) in [5, 5.41) is 5.15. The molecule has 3 N–H and O–H groups in total. The largest absolute Gasteiger partial charge is 0.345 e. The minimum absolute atomic E-state index is 0.116. The summed E-state index contributed by atoms with van der Waals surface area (Å²) in [5.74, 6) is -0.597. The third-order valence-corrected chi connectivity index (χ3v) is 8.51. The molecule has 0 spiro atoms. The summed E-state index contributed by atoms with van der Waals surface area (Å²) in [7, 11) is -3.35. The van der Waals surface area contributed by atoms with Crippen molar-refractivity contribution in [2.24, 2.45) is 0 Å². The number of benzene rings is 2. The molecule has 1 aliphatic heterocycles. The predicted molar refractivity (Wildman–Crippen MR) is 139 cm³/mol. The third kappa shape index (κ3) is 3.85. The zero-order valence-electron chi connectivity index (χ0n) is 19.2. The molecule has 182 valence electrons. The van der Waals surface area contributed by atoms with Crippen molar-refractivity contribution >= 4 is 37.6 Å². The maximum Gasteiger partial charge on any atom is 0.261 e. The van der Waals surface area contributed by atoms with Crippen LogP contribution in [0, 0.1) is 0 Å². The number of pyridine rings is 2. The fraction of sp³-hybridized carbons (Fsp3) is 0.222. The van der Waals surface area contributed by atoms with Crippen molar-refractivity contribution in [3.8, 4) is 11.1 Å². The van der Waals surface area contributed by atoms with E-state index in [4.69, 9.17) is 0 Å². The Morgan fingerprint density at radius 2 is 1.75 bits per heavy atom. The van der Waals surface area contributed by atoms with Gasteiger partial charge >= 0.3 is 0 Å². The molecule has 9 heteroatoms. The second kappa shape index (κ2) is 8.30. The first-order valence-electron chi connectivity index (χ1n) is 11.8. The van der Waals surface area contributed by atoms with E-state index in [0.717, 1.165) is 41.1 Å². The summed E-state index contributed by atoms with van der Waals surface area (Å²) in [6.07, 6.45) is 4.52. The Labute approximate surface area is 206 Å². The Morgan fingerprint density at radius 3 is 2.47 bits per heavy atom. The molecular formula is C27H23N3O5S. The number of fused-ring (bicyclic) bond motifs is 2. The second-order valence-electron chi connectivity index (χ2n) is 9.47. The Hall–Kier alpha value is -3.98. The van der Waals surface area contributed by atoms with Crippen LogP contribution in [0.4, 0.5) is 0 Å². The van der Waals surface area contributed by atoms with E-state index in [1.54, 1.807) is 0 Å². The third-order valence-electron chi connectivity index (χ3n) is 7.11. The molecule has 1 fully saturated rings. The number of carbonyl (C=O) groups excluding carboxylic acids is 1. The van der Waals surface area contributed by atoms with Crippen LogP contribution in [0.15, 0.2) is 69.6 Å². The second-order valence-corrected chi connectivity index (χ2v) is 11.4. The van der Waals surface area contributed by atoms with Gasteiger partial charge in [0.05, 0.1) is 17.3 Å². The van der Waals surface area contributed by atoms with Gasteiger partial charge in [0, 0.05) is 22.1 Å². The molecule has 4 aromatic rings. The maximum atomic E-state index is 13.2. The molecule has 2 aromatic carbocycles. The topological polar surface area (TPSA) is 129 Å². The van der Waals surface area contributed by atoms with Crippen LogP contribution >= 0.6 is 0 Å². The van der Waals surface area contributed by atoms with Gasteiger partial charge < -0.3 is 15.3 Å². The number of carbonyl (C=O) groups is 1. The first-order chi connectivity index (χ1) is 17.3. The first-order valence-corrected chi connectivity index (χ1v) is 13.5. The highest BCUT2D eigenvalue weighted by Gasteiger charge is 2.27. The Kier molecular flexibility index (Phi) is 5.19. The molecule has 36 heavy (non-hydrogen) atoms. The van der Waals surface area contributed by atoms with Crippen LogP contribution in [0.1, 0.15) is 41.1 Å². The van der Waals surface area contributed by atoms with E-state index in [2.05, 4.69) is 15.3 Å². The summed E-state index contributed by atoms with van der Waals surface area (Å²) in [5.41, 5.74) is 2.41. The minimum atomic E-state index is -3.35. The van der Waals surface area contributed by atoms with Gasteiger partial charge in [-0.15, -0.1) is 0 Å². The van der Waals surface area contributed by atoms with E-state index in [0.29, 0.717) is 22.0 Å². The van der Waals surface area contributed by atoms with Crippen LogP contribution in [0.3, 0.4) is 0 Å². The first kappa shape index (κ1) is 22.5. The van der Waals surface area contributed by atoms with Crippen molar-refractivity contribution in [3.63, 3.8) is 0 Å². The number of rotatable bonds is 4. The number of hydrogen-bond donors (Lipinski definition) is 3. The summed E-state index contributed by atoms with van der Waals surface area (Å²) >= 11 is 0. The highest BCUT2D eigenvalue weighted by molar-refractivity contribution is 7.94. The van der Waals surface area contributed by atoms with Crippen LogP contribution < -0.4 is 16.4 Å². The lowest BCUT2D eigenvalue weighted by Crippen LogP contribution is -2.38. The fourth-order valence-corrected chi connectivity index (χ4v) is 6.29. The van der Waals surface area contributed by atoms with E-state index in [9.17, 15) is 22.8 Å². The molecule has 0 unspecified atom stereocenters. The van der Waals surface area contributed by atoms with Gasteiger partial charge in [-0.05, 0) is 59.4 Å². The lowest BCUT2D eigenvalue weighted by molar-refractivity contribution is 0.0946. The van der Waals surface area contributed by atoms with Gasteiger partial charge in [0.15, 0.2) is 9.84 Å². The summed E-state index contributed by atoms with van der Waals surface area (Å²) in [6, 6.07) is 14.0. The van der Waals surface area contributed by atoms with Crippen molar-refractivity contribution in [1.82, 2.24) is 15.3 Å². The number of sulfone groups is 1.